The summed E-state index contributed by atoms with van der Waals surface area (Å²) >= 11 is 6.78. The van der Waals surface area contributed by atoms with Crippen molar-refractivity contribution < 1.29 is 4.79 Å². The van der Waals surface area contributed by atoms with E-state index in [9.17, 15) is 4.79 Å². The minimum absolute atomic E-state index is 0.0936. The molecule has 5 heteroatoms. The van der Waals surface area contributed by atoms with Gasteiger partial charge in [-0.2, -0.15) is 0 Å². The standard InChI is InChI=1S/C27H28ClN3O/c1-27(2)13-18-24-16-8-6-5-7-15(16)9-10-21(24)30-26(25(18)23(32)14-27)17-11-20(29)22(31(3)4)12-19(17)28/h5-12,26,30H,13-14,29H2,1-4H3. The van der Waals surface area contributed by atoms with E-state index in [0.717, 1.165) is 40.1 Å². The lowest BCUT2D eigenvalue weighted by Crippen LogP contribution is -2.33. The monoisotopic (exact) mass is 445 g/mol. The third-order valence-corrected chi connectivity index (χ3v) is 7.01. The van der Waals surface area contributed by atoms with Gasteiger partial charge in [0.15, 0.2) is 5.78 Å². The summed E-state index contributed by atoms with van der Waals surface area (Å²) in [6.45, 7) is 4.35. The fraction of sp³-hybridized carbons (Fsp3) is 0.296. The Balaban J connectivity index is 1.78. The number of hydrogen-bond donors (Lipinski definition) is 2. The first-order chi connectivity index (χ1) is 15.2. The number of nitrogens with two attached hydrogens (primary N) is 1. The van der Waals surface area contributed by atoms with E-state index in [0.29, 0.717) is 17.1 Å². The third kappa shape index (κ3) is 3.25. The molecule has 0 radical (unpaired) electrons. The molecule has 164 valence electrons. The quantitative estimate of drug-likeness (QED) is 0.445. The maximum absolute atomic E-state index is 13.6. The van der Waals surface area contributed by atoms with Crippen LogP contribution in [0, 0.1) is 5.41 Å². The molecule has 0 aromatic heterocycles. The van der Waals surface area contributed by atoms with Gasteiger partial charge < -0.3 is 16.0 Å². The molecule has 0 saturated heterocycles. The minimum Gasteiger partial charge on any atom is -0.397 e. The number of hydrogen-bond acceptors (Lipinski definition) is 4. The zero-order chi connectivity index (χ0) is 22.8. The van der Waals surface area contributed by atoms with Crippen molar-refractivity contribution in [1.82, 2.24) is 0 Å². The van der Waals surface area contributed by atoms with Crippen molar-refractivity contribution in [3.63, 3.8) is 0 Å². The number of carbonyl (C=O) groups excluding carboxylic acids is 1. The number of anilines is 3. The molecule has 3 N–H and O–H groups in total. The topological polar surface area (TPSA) is 58.4 Å². The van der Waals surface area contributed by atoms with Crippen LogP contribution in [0.1, 0.15) is 43.9 Å². The Kier molecular flexibility index (Phi) is 4.75. The van der Waals surface area contributed by atoms with Gasteiger partial charge in [-0.3, -0.25) is 4.79 Å². The first-order valence-corrected chi connectivity index (χ1v) is 11.4. The van der Waals surface area contributed by atoms with Gasteiger partial charge in [-0.15, -0.1) is 0 Å². The van der Waals surface area contributed by atoms with Crippen LogP contribution in [0.4, 0.5) is 17.1 Å². The number of rotatable bonds is 2. The first-order valence-electron chi connectivity index (χ1n) is 11.0. The highest BCUT2D eigenvalue weighted by Crippen LogP contribution is 2.53. The van der Waals surface area contributed by atoms with Crippen molar-refractivity contribution in [3.05, 3.63) is 70.3 Å². The number of benzene rings is 3. The number of allylic oxidation sites excluding steroid dienone is 1. The van der Waals surface area contributed by atoms with Crippen molar-refractivity contribution in [3.8, 4) is 0 Å². The van der Waals surface area contributed by atoms with Gasteiger partial charge in [0.1, 0.15) is 0 Å². The normalized spacial score (nSPS) is 19.4. The molecule has 0 saturated carbocycles. The summed E-state index contributed by atoms with van der Waals surface area (Å²) in [4.78, 5) is 15.5. The van der Waals surface area contributed by atoms with Crippen molar-refractivity contribution >= 4 is 50.8 Å². The molecule has 0 fully saturated rings. The van der Waals surface area contributed by atoms with E-state index < -0.39 is 0 Å². The van der Waals surface area contributed by atoms with Gasteiger partial charge in [0, 0.05) is 42.4 Å². The summed E-state index contributed by atoms with van der Waals surface area (Å²) in [5.74, 6) is 0.179. The third-order valence-electron chi connectivity index (χ3n) is 6.68. The Labute approximate surface area is 194 Å². The molecule has 1 atom stereocenters. The molecule has 3 aromatic carbocycles. The summed E-state index contributed by atoms with van der Waals surface area (Å²) in [6, 6.07) is 16.1. The van der Waals surface area contributed by atoms with Gasteiger partial charge in [0.25, 0.3) is 0 Å². The lowest BCUT2D eigenvalue weighted by atomic mass is 9.68. The average Bonchev–Trinajstić information content (AvgIpc) is 2.73. The van der Waals surface area contributed by atoms with Crippen LogP contribution in [0.2, 0.25) is 5.02 Å². The number of halogens is 1. The SMILES string of the molecule is CN(C)c1cc(Cl)c(C2Nc3ccc4ccccc4c3C3=C2C(=O)CC(C)(C)C3)cc1N. The van der Waals surface area contributed by atoms with E-state index in [1.54, 1.807) is 0 Å². The molecule has 4 nitrogen and oxygen atoms in total. The predicted octanol–water partition coefficient (Wildman–Crippen LogP) is 6.45. The second kappa shape index (κ2) is 7.28. The Bertz CT molecular complexity index is 1310. The maximum Gasteiger partial charge on any atom is 0.162 e. The van der Waals surface area contributed by atoms with Gasteiger partial charge in [-0.05, 0) is 51.9 Å². The Morgan fingerprint density at radius 1 is 1.09 bits per heavy atom. The molecule has 32 heavy (non-hydrogen) atoms. The molecule has 0 bridgehead atoms. The molecule has 0 amide bonds. The molecule has 1 heterocycles. The van der Waals surface area contributed by atoms with Gasteiger partial charge in [-0.1, -0.05) is 55.8 Å². The first kappa shape index (κ1) is 20.9. The lowest BCUT2D eigenvalue weighted by molar-refractivity contribution is -0.118. The van der Waals surface area contributed by atoms with Crippen LogP contribution in [0.5, 0.6) is 0 Å². The van der Waals surface area contributed by atoms with Gasteiger partial charge in [-0.25, -0.2) is 0 Å². The van der Waals surface area contributed by atoms with Crippen molar-refractivity contribution in [2.24, 2.45) is 5.41 Å². The Hall–Kier alpha value is -2.98. The second-order valence-corrected chi connectivity index (χ2v) is 10.4. The maximum atomic E-state index is 13.6. The largest absolute Gasteiger partial charge is 0.397 e. The molecular weight excluding hydrogens is 418 g/mol. The van der Waals surface area contributed by atoms with E-state index >= 15 is 0 Å². The van der Waals surface area contributed by atoms with Gasteiger partial charge >= 0.3 is 0 Å². The van der Waals surface area contributed by atoms with Crippen molar-refractivity contribution in [1.29, 1.82) is 0 Å². The Morgan fingerprint density at radius 3 is 2.59 bits per heavy atom. The number of ketones is 1. The molecule has 3 aromatic rings. The predicted molar refractivity (Wildman–Crippen MR) is 135 cm³/mol. The molecule has 5 rings (SSSR count). The van der Waals surface area contributed by atoms with Crippen LogP contribution in [-0.4, -0.2) is 19.9 Å². The number of fused-ring (bicyclic) bond motifs is 4. The fourth-order valence-electron chi connectivity index (χ4n) is 5.28. The smallest absolute Gasteiger partial charge is 0.162 e. The van der Waals surface area contributed by atoms with Crippen molar-refractivity contribution in [2.45, 2.75) is 32.7 Å². The van der Waals surface area contributed by atoms with E-state index in [-0.39, 0.29) is 17.2 Å². The molecule has 1 aliphatic carbocycles. The van der Waals surface area contributed by atoms with E-state index in [4.69, 9.17) is 17.3 Å². The highest BCUT2D eigenvalue weighted by Gasteiger charge is 2.41. The van der Waals surface area contributed by atoms with Gasteiger partial charge in [0.05, 0.1) is 17.4 Å². The summed E-state index contributed by atoms with van der Waals surface area (Å²) in [5, 5.41) is 6.59. The zero-order valence-corrected chi connectivity index (χ0v) is 19.7. The minimum atomic E-state index is -0.326. The molecular formula is C27H28ClN3O. The number of carbonyl (C=O) groups is 1. The fourth-order valence-corrected chi connectivity index (χ4v) is 5.54. The highest BCUT2D eigenvalue weighted by molar-refractivity contribution is 6.32. The van der Waals surface area contributed by atoms with Crippen LogP contribution in [-0.2, 0) is 4.79 Å². The summed E-state index contributed by atoms with van der Waals surface area (Å²) in [5.41, 5.74) is 12.8. The number of Topliss-reactive ketones (excluding diaryl/α,β-unsaturated/α-hetero) is 1. The molecule has 0 spiro atoms. The van der Waals surface area contributed by atoms with E-state index in [1.807, 2.05) is 37.2 Å². The summed E-state index contributed by atoms with van der Waals surface area (Å²) in [7, 11) is 3.88. The highest BCUT2D eigenvalue weighted by atomic mass is 35.5. The van der Waals surface area contributed by atoms with Crippen LogP contribution in [0.25, 0.3) is 16.3 Å². The van der Waals surface area contributed by atoms with Crippen LogP contribution < -0.4 is 16.0 Å². The molecule has 1 aliphatic heterocycles. The summed E-state index contributed by atoms with van der Waals surface area (Å²) in [6.07, 6.45) is 1.36. The second-order valence-electron chi connectivity index (χ2n) is 9.95. The number of nitrogens with zero attached hydrogens (tertiary/aromatic N) is 1. The Morgan fingerprint density at radius 2 is 1.84 bits per heavy atom. The van der Waals surface area contributed by atoms with Crippen LogP contribution >= 0.6 is 11.6 Å². The van der Waals surface area contributed by atoms with E-state index in [1.165, 1.54) is 10.8 Å². The lowest BCUT2D eigenvalue weighted by Gasteiger charge is -2.40. The number of nitrogens with one attached hydrogen (secondary N) is 1. The molecule has 2 aliphatic rings. The average molecular weight is 446 g/mol. The summed E-state index contributed by atoms with van der Waals surface area (Å²) < 4.78 is 0. The van der Waals surface area contributed by atoms with Crippen LogP contribution in [0.15, 0.2) is 54.1 Å². The zero-order valence-electron chi connectivity index (χ0n) is 18.9. The number of nitrogen functional groups attached to an aromatic ring is 1. The van der Waals surface area contributed by atoms with Crippen LogP contribution in [0.3, 0.4) is 0 Å². The van der Waals surface area contributed by atoms with E-state index in [2.05, 4.69) is 49.5 Å². The van der Waals surface area contributed by atoms with Crippen molar-refractivity contribution in [2.75, 3.05) is 30.0 Å². The molecule has 1 unspecified atom stereocenters. The van der Waals surface area contributed by atoms with Gasteiger partial charge in [0.2, 0.25) is 0 Å².